The summed E-state index contributed by atoms with van der Waals surface area (Å²) in [7, 11) is 0. The summed E-state index contributed by atoms with van der Waals surface area (Å²) in [5.41, 5.74) is 2.94. The fourth-order valence-corrected chi connectivity index (χ4v) is 3.50. The molecular weight excluding hydrogens is 408 g/mol. The van der Waals surface area contributed by atoms with Crippen LogP contribution in [-0.2, 0) is 4.79 Å². The van der Waals surface area contributed by atoms with Crippen molar-refractivity contribution < 1.29 is 19.6 Å². The van der Waals surface area contributed by atoms with Gasteiger partial charge in [-0.15, -0.1) is 11.7 Å². The molecule has 30 heavy (non-hydrogen) atoms. The molecule has 2 amide bonds. The number of amidine groups is 1. The third-order valence-electron chi connectivity index (χ3n) is 4.00. The Hall–Kier alpha value is -3.92. The van der Waals surface area contributed by atoms with Gasteiger partial charge in [0.05, 0.1) is 15.4 Å². The molecule has 152 valence electrons. The number of hydrazone groups is 1. The summed E-state index contributed by atoms with van der Waals surface area (Å²) in [5, 5.41) is 24.8. The van der Waals surface area contributed by atoms with E-state index >= 15 is 0 Å². The molecule has 0 radical (unpaired) electrons. The molecule has 0 bridgehead atoms. The first-order valence-electron chi connectivity index (χ1n) is 8.63. The van der Waals surface area contributed by atoms with E-state index in [0.717, 1.165) is 11.8 Å². The highest BCUT2D eigenvalue weighted by Crippen LogP contribution is 2.32. The van der Waals surface area contributed by atoms with Crippen LogP contribution in [0.3, 0.4) is 0 Å². The number of hydrogen-bond donors (Lipinski definition) is 2. The number of carbonyl (C=O) groups is 2. The molecule has 0 atom stereocenters. The highest BCUT2D eigenvalue weighted by atomic mass is 32.2. The van der Waals surface area contributed by atoms with Crippen LogP contribution in [0.15, 0.2) is 71.2 Å². The SMILES string of the molecule is C=CCN1C(=O)C(=Cc2ccc([N+](=O)[O-])cc2)SC1=NNC(=O)c1ccccc1O. The summed E-state index contributed by atoms with van der Waals surface area (Å²) in [6, 6.07) is 11.8. The van der Waals surface area contributed by atoms with Gasteiger partial charge in [0.1, 0.15) is 5.75 Å². The van der Waals surface area contributed by atoms with Crippen LogP contribution in [-0.4, -0.2) is 38.5 Å². The molecule has 1 aliphatic heterocycles. The number of phenolic OH excluding ortho intramolecular Hbond substituents is 1. The van der Waals surface area contributed by atoms with Crippen molar-refractivity contribution in [3.05, 3.63) is 87.3 Å². The van der Waals surface area contributed by atoms with Crippen molar-refractivity contribution >= 4 is 40.5 Å². The van der Waals surface area contributed by atoms with E-state index in [9.17, 15) is 24.8 Å². The summed E-state index contributed by atoms with van der Waals surface area (Å²) >= 11 is 1.04. The number of phenols is 1. The molecule has 1 aliphatic rings. The van der Waals surface area contributed by atoms with Gasteiger partial charge in [-0.3, -0.25) is 24.6 Å². The first-order chi connectivity index (χ1) is 14.4. The maximum absolute atomic E-state index is 12.7. The fourth-order valence-electron chi connectivity index (χ4n) is 2.55. The summed E-state index contributed by atoms with van der Waals surface area (Å²) in [6.07, 6.45) is 3.10. The van der Waals surface area contributed by atoms with E-state index in [2.05, 4.69) is 17.1 Å². The minimum Gasteiger partial charge on any atom is -0.507 e. The fraction of sp³-hybridized carbons (Fsp3) is 0.0500. The predicted octanol–water partition coefficient (Wildman–Crippen LogP) is 3.10. The van der Waals surface area contributed by atoms with Crippen LogP contribution in [0.1, 0.15) is 15.9 Å². The van der Waals surface area contributed by atoms with Crippen molar-refractivity contribution in [1.29, 1.82) is 0 Å². The lowest BCUT2D eigenvalue weighted by molar-refractivity contribution is -0.384. The number of nitrogens with one attached hydrogen (secondary N) is 1. The van der Waals surface area contributed by atoms with Gasteiger partial charge in [-0.25, -0.2) is 5.43 Å². The van der Waals surface area contributed by atoms with Gasteiger partial charge in [0.25, 0.3) is 17.5 Å². The number of nitro groups is 1. The third kappa shape index (κ3) is 4.55. The van der Waals surface area contributed by atoms with E-state index in [0.29, 0.717) is 10.5 Å². The van der Waals surface area contributed by atoms with Crippen molar-refractivity contribution in [2.24, 2.45) is 5.10 Å². The molecule has 9 nitrogen and oxygen atoms in total. The third-order valence-corrected chi connectivity index (χ3v) is 5.01. The van der Waals surface area contributed by atoms with E-state index in [4.69, 9.17) is 0 Å². The molecule has 1 heterocycles. The van der Waals surface area contributed by atoms with Crippen molar-refractivity contribution in [3.8, 4) is 5.75 Å². The van der Waals surface area contributed by atoms with Crippen LogP contribution >= 0.6 is 11.8 Å². The number of nitrogens with zero attached hydrogens (tertiary/aromatic N) is 3. The van der Waals surface area contributed by atoms with Crippen molar-refractivity contribution in [1.82, 2.24) is 10.3 Å². The normalized spacial score (nSPS) is 16.1. The molecular formula is C20H16N4O5S. The predicted molar refractivity (Wildman–Crippen MR) is 114 cm³/mol. The zero-order valence-corrected chi connectivity index (χ0v) is 16.3. The van der Waals surface area contributed by atoms with Crippen molar-refractivity contribution in [2.45, 2.75) is 0 Å². The molecule has 1 fully saturated rings. The van der Waals surface area contributed by atoms with Gasteiger partial charge in [-0.05, 0) is 47.7 Å². The maximum atomic E-state index is 12.7. The minimum atomic E-state index is -0.625. The Bertz CT molecular complexity index is 1080. The summed E-state index contributed by atoms with van der Waals surface area (Å²) in [6.45, 7) is 3.80. The van der Waals surface area contributed by atoms with Crippen LogP contribution in [0.5, 0.6) is 5.75 Å². The first-order valence-corrected chi connectivity index (χ1v) is 9.45. The second-order valence-corrected chi connectivity index (χ2v) is 7.03. The average Bonchev–Trinajstić information content (AvgIpc) is 3.02. The number of aromatic hydroxyl groups is 1. The van der Waals surface area contributed by atoms with Crippen molar-refractivity contribution in [3.63, 3.8) is 0 Å². The van der Waals surface area contributed by atoms with Gasteiger partial charge in [0.2, 0.25) is 0 Å². The highest BCUT2D eigenvalue weighted by molar-refractivity contribution is 8.18. The van der Waals surface area contributed by atoms with Gasteiger partial charge in [0.15, 0.2) is 5.17 Å². The highest BCUT2D eigenvalue weighted by Gasteiger charge is 2.33. The number of amides is 2. The van der Waals surface area contributed by atoms with Gasteiger partial charge >= 0.3 is 0 Å². The monoisotopic (exact) mass is 424 g/mol. The molecule has 0 spiro atoms. The quantitative estimate of drug-likeness (QED) is 0.318. The average molecular weight is 424 g/mol. The number of hydrogen-bond acceptors (Lipinski definition) is 7. The van der Waals surface area contributed by atoms with E-state index in [1.165, 1.54) is 47.4 Å². The lowest BCUT2D eigenvalue weighted by Gasteiger charge is -2.12. The van der Waals surface area contributed by atoms with Crippen LogP contribution in [0, 0.1) is 10.1 Å². The topological polar surface area (TPSA) is 125 Å². The Morgan fingerprint density at radius 3 is 2.60 bits per heavy atom. The van der Waals surface area contributed by atoms with Crippen LogP contribution < -0.4 is 5.43 Å². The zero-order valence-electron chi connectivity index (χ0n) is 15.5. The van der Waals surface area contributed by atoms with Crippen LogP contribution in [0.25, 0.3) is 6.08 Å². The Morgan fingerprint density at radius 2 is 1.97 bits per heavy atom. The van der Waals surface area contributed by atoms with Crippen molar-refractivity contribution in [2.75, 3.05) is 6.54 Å². The number of para-hydroxylation sites is 1. The zero-order chi connectivity index (χ0) is 21.7. The maximum Gasteiger partial charge on any atom is 0.275 e. The molecule has 3 rings (SSSR count). The number of benzene rings is 2. The summed E-state index contributed by atoms with van der Waals surface area (Å²) in [4.78, 5) is 36.9. The summed E-state index contributed by atoms with van der Waals surface area (Å²) < 4.78 is 0. The van der Waals surface area contributed by atoms with E-state index in [-0.39, 0.29) is 34.6 Å². The van der Waals surface area contributed by atoms with E-state index in [1.807, 2.05) is 0 Å². The minimum absolute atomic E-state index is 0.0492. The number of thioether (sulfide) groups is 1. The second kappa shape index (κ2) is 9.05. The molecule has 0 aromatic heterocycles. The standard InChI is InChI=1S/C20H16N4O5S/c1-2-11-23-19(27)17(12-13-7-9-14(10-8-13)24(28)29)30-20(23)22-21-18(26)15-5-3-4-6-16(15)25/h2-10,12,25H,1,11H2,(H,21,26). The lowest BCUT2D eigenvalue weighted by Crippen LogP contribution is -2.31. The van der Waals surface area contributed by atoms with E-state index < -0.39 is 10.8 Å². The molecule has 0 saturated carbocycles. The first kappa shape index (κ1) is 20.8. The van der Waals surface area contributed by atoms with Gasteiger partial charge in [-0.1, -0.05) is 18.2 Å². The number of carbonyl (C=O) groups excluding carboxylic acids is 2. The molecule has 2 aromatic carbocycles. The molecule has 0 aliphatic carbocycles. The lowest BCUT2D eigenvalue weighted by atomic mass is 10.2. The molecule has 1 saturated heterocycles. The molecule has 2 N–H and O–H groups in total. The second-order valence-electron chi connectivity index (χ2n) is 6.02. The van der Waals surface area contributed by atoms with E-state index in [1.54, 1.807) is 18.2 Å². The number of nitro benzene ring substituents is 1. The van der Waals surface area contributed by atoms with Crippen LogP contribution in [0.4, 0.5) is 5.69 Å². The Kier molecular flexibility index (Phi) is 6.28. The summed E-state index contributed by atoms with van der Waals surface area (Å²) in [5.74, 6) is -1.15. The molecule has 0 unspecified atom stereocenters. The number of non-ortho nitro benzene ring substituents is 1. The largest absolute Gasteiger partial charge is 0.507 e. The van der Waals surface area contributed by atoms with Gasteiger partial charge in [-0.2, -0.15) is 0 Å². The molecule has 2 aromatic rings. The van der Waals surface area contributed by atoms with Gasteiger partial charge < -0.3 is 5.11 Å². The smallest absolute Gasteiger partial charge is 0.275 e. The Labute approximate surface area is 175 Å². The van der Waals surface area contributed by atoms with Crippen LogP contribution in [0.2, 0.25) is 0 Å². The molecule has 10 heteroatoms. The number of rotatable bonds is 6. The Balaban J connectivity index is 1.82. The van der Waals surface area contributed by atoms with Gasteiger partial charge in [0, 0.05) is 18.7 Å². The Morgan fingerprint density at radius 1 is 1.27 bits per heavy atom.